The molecule has 1 aliphatic rings. The standard InChI is InChI=1S/C2Cl3FO.C2H2F2/c3-1(4)2(5,6)7-1;1-2(3)4/h;1H2. The van der Waals surface area contributed by atoms with Crippen molar-refractivity contribution in [3.63, 3.8) is 0 Å². The lowest BCUT2D eigenvalue weighted by molar-refractivity contribution is 0.227. The quantitative estimate of drug-likeness (QED) is 0.458. The van der Waals surface area contributed by atoms with Gasteiger partial charge in [0.05, 0.1) is 0 Å². The van der Waals surface area contributed by atoms with Crippen LogP contribution in [0.15, 0.2) is 12.7 Å². The highest BCUT2D eigenvalue weighted by Gasteiger charge is 2.71. The Morgan fingerprint density at radius 3 is 1.36 bits per heavy atom. The van der Waals surface area contributed by atoms with Crippen molar-refractivity contribution in [3.8, 4) is 0 Å². The Kier molecular flexibility index (Phi) is 3.50. The number of epoxide rings is 1. The zero-order chi connectivity index (χ0) is 9.28. The van der Waals surface area contributed by atoms with Crippen LogP contribution < -0.4 is 0 Å². The first kappa shape index (κ1) is 11.4. The summed E-state index contributed by atoms with van der Waals surface area (Å²) in [5.74, 6) is 0. The van der Waals surface area contributed by atoms with E-state index in [1.165, 1.54) is 0 Å². The van der Waals surface area contributed by atoms with Crippen molar-refractivity contribution < 1.29 is 17.9 Å². The van der Waals surface area contributed by atoms with Crippen LogP contribution in [0.3, 0.4) is 0 Å². The highest BCUT2D eigenvalue weighted by molar-refractivity contribution is 6.54. The van der Waals surface area contributed by atoms with E-state index in [4.69, 9.17) is 34.8 Å². The van der Waals surface area contributed by atoms with Crippen molar-refractivity contribution >= 4 is 34.8 Å². The lowest BCUT2D eigenvalue weighted by Crippen LogP contribution is -1.98. The summed E-state index contributed by atoms with van der Waals surface area (Å²) in [7, 11) is 0. The van der Waals surface area contributed by atoms with Gasteiger partial charge in [0.15, 0.2) is 0 Å². The summed E-state index contributed by atoms with van der Waals surface area (Å²) in [6.45, 7) is 2.22. The van der Waals surface area contributed by atoms with Crippen molar-refractivity contribution in [1.82, 2.24) is 0 Å². The summed E-state index contributed by atoms with van der Waals surface area (Å²) in [6.07, 6.45) is -1.83. The van der Waals surface area contributed by atoms with Gasteiger partial charge in [-0.3, -0.25) is 4.74 Å². The lowest BCUT2D eigenvalue weighted by Gasteiger charge is -1.83. The minimum absolute atomic E-state index is 1.81. The fourth-order valence-corrected chi connectivity index (χ4v) is 0.543. The molecule has 0 N–H and O–H groups in total. The smallest absolute Gasteiger partial charge is 0.286 e. The van der Waals surface area contributed by atoms with Gasteiger partial charge in [-0.25, -0.2) is 0 Å². The molecule has 0 aromatic carbocycles. The summed E-state index contributed by atoms with van der Waals surface area (Å²) in [5, 5.41) is -2.35. The molecule has 66 valence electrons. The Labute approximate surface area is 75.7 Å². The van der Waals surface area contributed by atoms with Gasteiger partial charge >= 0.3 is 5.31 Å². The number of alkyl halides is 4. The molecule has 1 aliphatic heterocycles. The maximum absolute atomic E-state index is 11.9. The monoisotopic (exact) mass is 228 g/mol. The predicted octanol–water partition coefficient (Wildman–Crippen LogP) is 3.41. The molecule has 1 fully saturated rings. The molecule has 1 rings (SSSR count). The third-order valence-electron chi connectivity index (χ3n) is 0.554. The minimum Gasteiger partial charge on any atom is -0.286 e. The van der Waals surface area contributed by atoms with Gasteiger partial charge in [0.1, 0.15) is 0 Å². The highest BCUT2D eigenvalue weighted by atomic mass is 35.5. The predicted molar refractivity (Wildman–Crippen MR) is 36.6 cm³/mol. The fraction of sp³-hybridized carbons (Fsp3) is 0.500. The van der Waals surface area contributed by atoms with E-state index in [9.17, 15) is 13.2 Å². The third kappa shape index (κ3) is 4.06. The van der Waals surface area contributed by atoms with E-state index in [0.717, 1.165) is 0 Å². The SMILES string of the molecule is C=C(F)F.FC1(Cl)OC1(Cl)Cl. The van der Waals surface area contributed by atoms with Gasteiger partial charge in [-0.1, -0.05) is 23.2 Å². The zero-order valence-corrected chi connectivity index (χ0v) is 7.15. The molecule has 0 bridgehead atoms. The molecule has 0 aromatic rings. The van der Waals surface area contributed by atoms with E-state index in [1.807, 2.05) is 0 Å². The number of ether oxygens (including phenoxy) is 1. The summed E-state index contributed by atoms with van der Waals surface area (Å²) in [4.78, 5) is 0. The Hall–Kier alpha value is 0.360. The molecule has 0 amide bonds. The second-order valence-corrected chi connectivity index (χ2v) is 3.22. The molecule has 1 nitrogen and oxygen atoms in total. The van der Waals surface area contributed by atoms with Crippen LogP contribution in [0, 0.1) is 0 Å². The van der Waals surface area contributed by atoms with Crippen molar-refractivity contribution in [2.45, 2.75) is 9.83 Å². The average molecular weight is 229 g/mol. The van der Waals surface area contributed by atoms with Crippen molar-refractivity contribution in [2.75, 3.05) is 0 Å². The molecule has 0 spiro atoms. The first-order valence-electron chi connectivity index (χ1n) is 2.15. The van der Waals surface area contributed by atoms with Gasteiger partial charge in [0.2, 0.25) is 0 Å². The van der Waals surface area contributed by atoms with E-state index < -0.39 is 15.9 Å². The normalized spacial score (nSPS) is 31.8. The van der Waals surface area contributed by atoms with E-state index in [1.54, 1.807) is 0 Å². The average Bonchev–Trinajstić information content (AvgIpc) is 1.98. The molecule has 1 atom stereocenters. The molecule has 0 saturated carbocycles. The molecule has 1 saturated heterocycles. The Morgan fingerprint density at radius 1 is 1.27 bits per heavy atom. The molecule has 7 heteroatoms. The zero-order valence-electron chi connectivity index (χ0n) is 4.88. The molecule has 0 aromatic heterocycles. The van der Waals surface area contributed by atoms with E-state index in [0.29, 0.717) is 0 Å². The summed E-state index contributed by atoms with van der Waals surface area (Å²) >= 11 is 14.7. The largest absolute Gasteiger partial charge is 0.348 e. The van der Waals surface area contributed by atoms with Crippen LogP contribution in [0.1, 0.15) is 0 Å². The fourth-order valence-electron chi connectivity index (χ4n) is 0.135. The third-order valence-corrected chi connectivity index (χ3v) is 1.73. The van der Waals surface area contributed by atoms with E-state index >= 15 is 0 Å². The van der Waals surface area contributed by atoms with E-state index in [2.05, 4.69) is 11.3 Å². The van der Waals surface area contributed by atoms with Crippen LogP contribution in [0.25, 0.3) is 0 Å². The number of rotatable bonds is 0. The molecular weight excluding hydrogens is 227 g/mol. The van der Waals surface area contributed by atoms with Crippen LogP contribution >= 0.6 is 34.8 Å². The molecule has 0 aliphatic carbocycles. The van der Waals surface area contributed by atoms with Gasteiger partial charge in [0.25, 0.3) is 10.6 Å². The van der Waals surface area contributed by atoms with Gasteiger partial charge in [-0.2, -0.15) is 13.2 Å². The number of hydrogen-bond acceptors (Lipinski definition) is 1. The van der Waals surface area contributed by atoms with Crippen LogP contribution in [0.4, 0.5) is 13.2 Å². The van der Waals surface area contributed by atoms with Gasteiger partial charge in [-0.05, 0) is 18.2 Å². The summed E-state index contributed by atoms with van der Waals surface area (Å²) in [6, 6.07) is 0. The highest BCUT2D eigenvalue weighted by Crippen LogP contribution is 2.58. The molecule has 1 heterocycles. The Bertz CT molecular complexity index is 154. The van der Waals surface area contributed by atoms with Gasteiger partial charge < -0.3 is 0 Å². The van der Waals surface area contributed by atoms with E-state index in [-0.39, 0.29) is 0 Å². The summed E-state index contributed by atoms with van der Waals surface area (Å²) in [5.41, 5.74) is 0. The number of hydrogen-bond donors (Lipinski definition) is 0. The maximum atomic E-state index is 11.9. The van der Waals surface area contributed by atoms with Crippen LogP contribution in [0.5, 0.6) is 0 Å². The Balaban J connectivity index is 0.000000218. The first-order valence-corrected chi connectivity index (χ1v) is 3.28. The molecule has 1 unspecified atom stereocenters. The molecule has 11 heavy (non-hydrogen) atoms. The second kappa shape index (κ2) is 3.39. The maximum Gasteiger partial charge on any atom is 0.348 e. The molecular formula is C4H2Cl3F3O. The topological polar surface area (TPSA) is 12.5 Å². The lowest BCUT2D eigenvalue weighted by atomic mass is 10.9. The van der Waals surface area contributed by atoms with Crippen molar-refractivity contribution in [3.05, 3.63) is 12.7 Å². The minimum atomic E-state index is -2.35. The van der Waals surface area contributed by atoms with Crippen LogP contribution in [0.2, 0.25) is 0 Å². The van der Waals surface area contributed by atoms with Gasteiger partial charge in [0, 0.05) is 0 Å². The van der Waals surface area contributed by atoms with Crippen molar-refractivity contribution in [1.29, 1.82) is 0 Å². The van der Waals surface area contributed by atoms with Gasteiger partial charge in [-0.15, -0.1) is 0 Å². The summed E-state index contributed by atoms with van der Waals surface area (Å²) < 4.78 is 34.2. The number of halogens is 6. The second-order valence-electron chi connectivity index (χ2n) is 1.47. The Morgan fingerprint density at radius 2 is 1.36 bits per heavy atom. The van der Waals surface area contributed by atoms with Crippen LogP contribution in [-0.2, 0) is 4.74 Å². The van der Waals surface area contributed by atoms with Crippen molar-refractivity contribution in [2.24, 2.45) is 0 Å². The molecule has 0 radical (unpaired) electrons. The first-order chi connectivity index (χ1) is 4.69. The van der Waals surface area contributed by atoms with Crippen LogP contribution in [-0.4, -0.2) is 9.83 Å².